The molecule has 1 heterocycles. The van der Waals surface area contributed by atoms with E-state index in [-0.39, 0.29) is 53.2 Å². The Hall–Kier alpha value is -2.48. The van der Waals surface area contributed by atoms with Crippen LogP contribution in [0.3, 0.4) is 0 Å². The zero-order chi connectivity index (χ0) is 21.0. The molecule has 0 aliphatic carbocycles. The first-order valence-corrected chi connectivity index (χ1v) is 11.1. The molecule has 0 saturated carbocycles. The standard InChI is InChI=1S/C19H17F2N3O3S2/c20-15-5-6-16(21)17(11-15)28-13-19(25)23-7-9-24(10-8-23)29(26,27)18-4-2-1-3-14(18)12-22/h1-6,11H,7-10,13H2. The second-order valence-corrected chi connectivity index (χ2v) is 9.18. The molecule has 0 atom stereocenters. The summed E-state index contributed by atoms with van der Waals surface area (Å²) in [4.78, 5) is 13.9. The topological polar surface area (TPSA) is 81.5 Å². The highest BCUT2D eigenvalue weighted by Gasteiger charge is 2.31. The van der Waals surface area contributed by atoms with Gasteiger partial charge in [0, 0.05) is 31.1 Å². The first-order valence-electron chi connectivity index (χ1n) is 8.68. The van der Waals surface area contributed by atoms with Gasteiger partial charge in [-0.3, -0.25) is 4.79 Å². The number of benzene rings is 2. The van der Waals surface area contributed by atoms with E-state index in [9.17, 15) is 22.0 Å². The Kier molecular flexibility index (Phi) is 6.52. The molecule has 152 valence electrons. The Morgan fingerprint density at radius 2 is 1.79 bits per heavy atom. The summed E-state index contributed by atoms with van der Waals surface area (Å²) in [5.41, 5.74) is 0.0690. The van der Waals surface area contributed by atoms with E-state index in [2.05, 4.69) is 0 Å². The molecule has 1 aliphatic heterocycles. The largest absolute Gasteiger partial charge is 0.339 e. The van der Waals surface area contributed by atoms with E-state index in [0.717, 1.165) is 30.0 Å². The minimum atomic E-state index is -3.84. The summed E-state index contributed by atoms with van der Waals surface area (Å²) in [6.07, 6.45) is 0. The molecule has 1 fully saturated rings. The Labute approximate surface area is 171 Å². The van der Waals surface area contributed by atoms with Gasteiger partial charge in [-0.2, -0.15) is 9.57 Å². The number of carbonyl (C=O) groups is 1. The minimum Gasteiger partial charge on any atom is -0.339 e. The maximum Gasteiger partial charge on any atom is 0.244 e. The molecule has 1 aliphatic rings. The number of hydrogen-bond donors (Lipinski definition) is 0. The molecule has 2 aromatic rings. The normalized spacial score (nSPS) is 15.1. The highest BCUT2D eigenvalue weighted by atomic mass is 32.2. The Balaban J connectivity index is 1.60. The molecule has 0 aromatic heterocycles. The molecule has 0 bridgehead atoms. The van der Waals surface area contributed by atoms with E-state index < -0.39 is 21.7 Å². The second kappa shape index (κ2) is 8.90. The van der Waals surface area contributed by atoms with Gasteiger partial charge < -0.3 is 4.90 Å². The number of nitriles is 1. The summed E-state index contributed by atoms with van der Waals surface area (Å²) in [7, 11) is -3.84. The van der Waals surface area contributed by atoms with E-state index >= 15 is 0 Å². The van der Waals surface area contributed by atoms with Crippen molar-refractivity contribution in [3.63, 3.8) is 0 Å². The molecule has 3 rings (SSSR count). The fraction of sp³-hybridized carbons (Fsp3) is 0.263. The predicted molar refractivity (Wildman–Crippen MR) is 104 cm³/mol. The number of hydrogen-bond acceptors (Lipinski definition) is 5. The first kappa shape index (κ1) is 21.2. The van der Waals surface area contributed by atoms with Crippen molar-refractivity contribution in [1.82, 2.24) is 9.21 Å². The van der Waals surface area contributed by atoms with Gasteiger partial charge in [0.2, 0.25) is 15.9 Å². The molecule has 29 heavy (non-hydrogen) atoms. The number of carbonyl (C=O) groups excluding carboxylic acids is 1. The fourth-order valence-corrected chi connectivity index (χ4v) is 5.35. The monoisotopic (exact) mass is 437 g/mol. The van der Waals surface area contributed by atoms with Gasteiger partial charge in [0.05, 0.1) is 16.2 Å². The molecule has 0 radical (unpaired) electrons. The van der Waals surface area contributed by atoms with Crippen LogP contribution in [-0.4, -0.2) is 55.5 Å². The van der Waals surface area contributed by atoms with E-state index in [1.54, 1.807) is 12.1 Å². The van der Waals surface area contributed by atoms with Gasteiger partial charge in [0.25, 0.3) is 0 Å². The SMILES string of the molecule is N#Cc1ccccc1S(=O)(=O)N1CCN(C(=O)CSc2cc(F)ccc2F)CC1. The highest BCUT2D eigenvalue weighted by molar-refractivity contribution is 8.00. The Morgan fingerprint density at radius 1 is 1.10 bits per heavy atom. The lowest BCUT2D eigenvalue weighted by atomic mass is 10.2. The third-order valence-corrected chi connectivity index (χ3v) is 7.43. The van der Waals surface area contributed by atoms with Gasteiger partial charge in [-0.05, 0) is 30.3 Å². The summed E-state index contributed by atoms with van der Waals surface area (Å²) in [6.45, 7) is 0.539. The minimum absolute atomic E-state index is 0.0488. The molecule has 10 heteroatoms. The number of thioether (sulfide) groups is 1. The van der Waals surface area contributed by atoms with Crippen LogP contribution in [0.25, 0.3) is 0 Å². The van der Waals surface area contributed by atoms with Crippen LogP contribution >= 0.6 is 11.8 Å². The summed E-state index contributed by atoms with van der Waals surface area (Å²) in [6, 6.07) is 10.9. The van der Waals surface area contributed by atoms with Gasteiger partial charge in [-0.1, -0.05) is 12.1 Å². The van der Waals surface area contributed by atoms with Crippen molar-refractivity contribution in [2.75, 3.05) is 31.9 Å². The van der Waals surface area contributed by atoms with Crippen LogP contribution < -0.4 is 0 Å². The molecule has 0 unspecified atom stereocenters. The Morgan fingerprint density at radius 3 is 2.48 bits per heavy atom. The quantitative estimate of drug-likeness (QED) is 0.672. The zero-order valence-corrected chi connectivity index (χ0v) is 16.8. The summed E-state index contributed by atoms with van der Waals surface area (Å²) < 4.78 is 53.7. The molecular weight excluding hydrogens is 420 g/mol. The molecule has 2 aromatic carbocycles. The smallest absolute Gasteiger partial charge is 0.244 e. The predicted octanol–water partition coefficient (Wildman–Crippen LogP) is 2.46. The average Bonchev–Trinajstić information content (AvgIpc) is 2.74. The highest BCUT2D eigenvalue weighted by Crippen LogP contribution is 2.24. The van der Waals surface area contributed by atoms with Crippen molar-refractivity contribution in [2.45, 2.75) is 9.79 Å². The lowest BCUT2D eigenvalue weighted by Crippen LogP contribution is -2.51. The van der Waals surface area contributed by atoms with Crippen LogP contribution in [0.2, 0.25) is 0 Å². The Bertz CT molecular complexity index is 1060. The van der Waals surface area contributed by atoms with E-state index in [1.807, 2.05) is 6.07 Å². The van der Waals surface area contributed by atoms with Crippen LogP contribution in [0.15, 0.2) is 52.3 Å². The molecule has 1 saturated heterocycles. The first-order chi connectivity index (χ1) is 13.8. The third-order valence-electron chi connectivity index (χ3n) is 4.46. The number of amides is 1. The number of piperazine rings is 1. The van der Waals surface area contributed by atoms with Crippen LogP contribution in [0.5, 0.6) is 0 Å². The van der Waals surface area contributed by atoms with E-state index in [1.165, 1.54) is 21.3 Å². The summed E-state index contributed by atoms with van der Waals surface area (Å²) in [5.74, 6) is -1.55. The van der Waals surface area contributed by atoms with Gasteiger partial charge in [0.15, 0.2) is 0 Å². The van der Waals surface area contributed by atoms with Crippen LogP contribution in [0, 0.1) is 23.0 Å². The molecule has 6 nitrogen and oxygen atoms in total. The van der Waals surface area contributed by atoms with Gasteiger partial charge in [0.1, 0.15) is 17.7 Å². The molecule has 0 N–H and O–H groups in total. The maximum atomic E-state index is 13.7. The second-order valence-electron chi connectivity index (χ2n) is 6.26. The summed E-state index contributed by atoms with van der Waals surface area (Å²) in [5, 5.41) is 9.15. The van der Waals surface area contributed by atoms with Gasteiger partial charge >= 0.3 is 0 Å². The molecule has 1 amide bonds. The van der Waals surface area contributed by atoms with Crippen molar-refractivity contribution in [3.8, 4) is 6.07 Å². The van der Waals surface area contributed by atoms with Crippen molar-refractivity contribution < 1.29 is 22.0 Å². The number of nitrogens with zero attached hydrogens (tertiary/aromatic N) is 3. The number of halogens is 2. The van der Waals surface area contributed by atoms with Crippen molar-refractivity contribution in [1.29, 1.82) is 5.26 Å². The fourth-order valence-electron chi connectivity index (χ4n) is 2.92. The lowest BCUT2D eigenvalue weighted by molar-refractivity contribution is -0.129. The summed E-state index contributed by atoms with van der Waals surface area (Å²) >= 11 is 0.897. The van der Waals surface area contributed by atoms with Crippen molar-refractivity contribution in [3.05, 3.63) is 59.7 Å². The van der Waals surface area contributed by atoms with Gasteiger partial charge in [-0.15, -0.1) is 11.8 Å². The number of rotatable bonds is 5. The van der Waals surface area contributed by atoms with Crippen LogP contribution in [0.4, 0.5) is 8.78 Å². The van der Waals surface area contributed by atoms with Crippen LogP contribution in [-0.2, 0) is 14.8 Å². The van der Waals surface area contributed by atoms with Crippen LogP contribution in [0.1, 0.15) is 5.56 Å². The lowest BCUT2D eigenvalue weighted by Gasteiger charge is -2.34. The van der Waals surface area contributed by atoms with Crippen molar-refractivity contribution >= 4 is 27.7 Å². The maximum absolute atomic E-state index is 13.7. The van der Waals surface area contributed by atoms with Gasteiger partial charge in [-0.25, -0.2) is 17.2 Å². The molecule has 0 spiro atoms. The third kappa shape index (κ3) is 4.75. The average molecular weight is 437 g/mol. The molecular formula is C19H17F2N3O3S2. The number of sulfonamides is 1. The van der Waals surface area contributed by atoms with E-state index in [0.29, 0.717) is 0 Å². The van der Waals surface area contributed by atoms with Crippen molar-refractivity contribution in [2.24, 2.45) is 0 Å². The van der Waals surface area contributed by atoms with E-state index in [4.69, 9.17) is 5.26 Å². The zero-order valence-electron chi connectivity index (χ0n) is 15.2.